The standard InChI is InChI=1S/C15H18N2O3S/c1-19-11-6-7-12-13(8-11)21-15(16-12)17-14(18)9-20-10-4-2-3-5-10/h6-8,10H,2-5,9H2,1H3,(H,16,17,18). The van der Waals surface area contributed by atoms with Gasteiger partial charge in [-0.3, -0.25) is 10.1 Å². The van der Waals surface area contributed by atoms with E-state index in [0.29, 0.717) is 5.13 Å². The molecule has 0 atom stereocenters. The van der Waals surface area contributed by atoms with Crippen LogP contribution in [0, 0.1) is 0 Å². The van der Waals surface area contributed by atoms with Crippen LogP contribution < -0.4 is 10.1 Å². The second-order valence-corrected chi connectivity index (χ2v) is 6.15. The molecule has 0 unspecified atom stereocenters. The van der Waals surface area contributed by atoms with Crippen LogP contribution in [0.5, 0.6) is 5.75 Å². The molecule has 1 aromatic carbocycles. The zero-order valence-electron chi connectivity index (χ0n) is 11.9. The predicted molar refractivity (Wildman–Crippen MR) is 83.0 cm³/mol. The van der Waals surface area contributed by atoms with Gasteiger partial charge in [0.05, 0.1) is 23.4 Å². The number of carbonyl (C=O) groups is 1. The molecule has 6 heteroatoms. The molecule has 0 saturated heterocycles. The molecule has 1 aliphatic rings. The van der Waals surface area contributed by atoms with Gasteiger partial charge in [-0.15, -0.1) is 0 Å². The molecule has 5 nitrogen and oxygen atoms in total. The van der Waals surface area contributed by atoms with Gasteiger partial charge in [0.1, 0.15) is 12.4 Å². The summed E-state index contributed by atoms with van der Waals surface area (Å²) >= 11 is 1.43. The number of benzene rings is 1. The highest BCUT2D eigenvalue weighted by Crippen LogP contribution is 2.29. The van der Waals surface area contributed by atoms with Gasteiger partial charge in [-0.1, -0.05) is 24.2 Å². The van der Waals surface area contributed by atoms with E-state index in [1.165, 1.54) is 24.2 Å². The molecule has 1 fully saturated rings. The Hall–Kier alpha value is -1.66. The highest BCUT2D eigenvalue weighted by Gasteiger charge is 2.17. The lowest BCUT2D eigenvalue weighted by molar-refractivity contribution is -0.122. The molecule has 1 aromatic heterocycles. The number of carbonyl (C=O) groups excluding carboxylic acids is 1. The number of aromatic nitrogens is 1. The second-order valence-electron chi connectivity index (χ2n) is 5.12. The maximum Gasteiger partial charge on any atom is 0.252 e. The zero-order valence-corrected chi connectivity index (χ0v) is 12.7. The van der Waals surface area contributed by atoms with Gasteiger partial charge >= 0.3 is 0 Å². The van der Waals surface area contributed by atoms with Gasteiger partial charge in [-0.05, 0) is 31.0 Å². The number of ether oxygens (including phenoxy) is 2. The van der Waals surface area contributed by atoms with Crippen LogP contribution >= 0.6 is 11.3 Å². The largest absolute Gasteiger partial charge is 0.497 e. The van der Waals surface area contributed by atoms with Crippen molar-refractivity contribution in [3.63, 3.8) is 0 Å². The minimum absolute atomic E-state index is 0.101. The number of nitrogens with one attached hydrogen (secondary N) is 1. The fraction of sp³-hybridized carbons (Fsp3) is 0.467. The Balaban J connectivity index is 1.59. The van der Waals surface area contributed by atoms with E-state index in [1.54, 1.807) is 7.11 Å². The molecule has 0 spiro atoms. The Morgan fingerprint density at radius 1 is 1.43 bits per heavy atom. The lowest BCUT2D eigenvalue weighted by Gasteiger charge is -2.09. The smallest absolute Gasteiger partial charge is 0.252 e. The van der Waals surface area contributed by atoms with Crippen LogP contribution in [0.25, 0.3) is 10.2 Å². The topological polar surface area (TPSA) is 60.5 Å². The summed E-state index contributed by atoms with van der Waals surface area (Å²) in [5.74, 6) is 0.640. The zero-order chi connectivity index (χ0) is 14.7. The van der Waals surface area contributed by atoms with Crippen molar-refractivity contribution < 1.29 is 14.3 Å². The Bertz CT molecular complexity index is 635. The van der Waals surface area contributed by atoms with Crippen molar-refractivity contribution >= 4 is 32.6 Å². The summed E-state index contributed by atoms with van der Waals surface area (Å²) in [5.41, 5.74) is 0.854. The number of hydrogen-bond donors (Lipinski definition) is 1. The quantitative estimate of drug-likeness (QED) is 0.921. The van der Waals surface area contributed by atoms with Gasteiger partial charge in [0.2, 0.25) is 0 Å². The van der Waals surface area contributed by atoms with E-state index in [0.717, 1.165) is 28.8 Å². The molecule has 1 amide bonds. The van der Waals surface area contributed by atoms with Crippen molar-refractivity contribution in [1.29, 1.82) is 0 Å². The highest BCUT2D eigenvalue weighted by atomic mass is 32.1. The summed E-state index contributed by atoms with van der Waals surface area (Å²) in [5, 5.41) is 3.39. The number of fused-ring (bicyclic) bond motifs is 1. The first kappa shape index (κ1) is 14.3. The highest BCUT2D eigenvalue weighted by molar-refractivity contribution is 7.22. The van der Waals surface area contributed by atoms with Crippen LogP contribution in [0.4, 0.5) is 5.13 Å². The summed E-state index contributed by atoms with van der Waals surface area (Å²) in [6.45, 7) is 0.101. The van der Waals surface area contributed by atoms with Crippen LogP contribution in [0.1, 0.15) is 25.7 Å². The van der Waals surface area contributed by atoms with E-state index in [1.807, 2.05) is 18.2 Å². The second kappa shape index (κ2) is 6.41. The van der Waals surface area contributed by atoms with Crippen molar-refractivity contribution in [1.82, 2.24) is 4.98 Å². The molecular weight excluding hydrogens is 288 g/mol. The minimum Gasteiger partial charge on any atom is -0.497 e. The van der Waals surface area contributed by atoms with E-state index >= 15 is 0 Å². The third-order valence-electron chi connectivity index (χ3n) is 3.59. The van der Waals surface area contributed by atoms with Gasteiger partial charge in [0, 0.05) is 0 Å². The van der Waals surface area contributed by atoms with E-state index in [-0.39, 0.29) is 18.6 Å². The van der Waals surface area contributed by atoms with Gasteiger partial charge < -0.3 is 9.47 Å². The van der Waals surface area contributed by atoms with Crippen molar-refractivity contribution in [3.8, 4) is 5.75 Å². The van der Waals surface area contributed by atoms with E-state index in [9.17, 15) is 4.79 Å². The van der Waals surface area contributed by atoms with Crippen LogP contribution in [0.2, 0.25) is 0 Å². The van der Waals surface area contributed by atoms with Crippen LogP contribution in [-0.2, 0) is 9.53 Å². The molecule has 0 bridgehead atoms. The first-order valence-corrected chi connectivity index (χ1v) is 7.92. The van der Waals surface area contributed by atoms with Gasteiger partial charge in [-0.2, -0.15) is 0 Å². The van der Waals surface area contributed by atoms with Gasteiger partial charge in [-0.25, -0.2) is 4.98 Å². The molecule has 1 heterocycles. The normalized spacial score (nSPS) is 15.5. The van der Waals surface area contributed by atoms with Gasteiger partial charge in [0.15, 0.2) is 5.13 Å². The fourth-order valence-electron chi connectivity index (χ4n) is 2.49. The number of anilines is 1. The lowest BCUT2D eigenvalue weighted by Crippen LogP contribution is -2.21. The van der Waals surface area contributed by atoms with Crippen molar-refractivity contribution in [2.24, 2.45) is 0 Å². The number of amides is 1. The molecule has 2 aromatic rings. The minimum atomic E-state index is -0.145. The Morgan fingerprint density at radius 3 is 3.00 bits per heavy atom. The molecular formula is C15H18N2O3S. The molecule has 1 N–H and O–H groups in total. The molecule has 3 rings (SSSR count). The summed E-state index contributed by atoms with van der Waals surface area (Å²) < 4.78 is 11.8. The number of rotatable bonds is 5. The maximum atomic E-state index is 11.9. The average Bonchev–Trinajstić information content (AvgIpc) is 3.13. The van der Waals surface area contributed by atoms with Crippen molar-refractivity contribution in [2.45, 2.75) is 31.8 Å². The van der Waals surface area contributed by atoms with E-state index in [2.05, 4.69) is 10.3 Å². The maximum absolute atomic E-state index is 11.9. The molecule has 112 valence electrons. The fourth-order valence-corrected chi connectivity index (χ4v) is 3.40. The number of nitrogens with zero attached hydrogens (tertiary/aromatic N) is 1. The van der Waals surface area contributed by atoms with Crippen LogP contribution in [0.15, 0.2) is 18.2 Å². The summed E-state index contributed by atoms with van der Waals surface area (Å²) in [6, 6.07) is 5.66. The lowest BCUT2D eigenvalue weighted by atomic mass is 10.3. The molecule has 0 aliphatic heterocycles. The first-order chi connectivity index (χ1) is 10.2. The van der Waals surface area contributed by atoms with E-state index in [4.69, 9.17) is 9.47 Å². The monoisotopic (exact) mass is 306 g/mol. The molecule has 0 radical (unpaired) electrons. The van der Waals surface area contributed by atoms with Gasteiger partial charge in [0.25, 0.3) is 5.91 Å². The Kier molecular flexibility index (Phi) is 4.36. The molecule has 1 saturated carbocycles. The third kappa shape index (κ3) is 3.51. The summed E-state index contributed by atoms with van der Waals surface area (Å²) in [7, 11) is 1.63. The number of thiazole rings is 1. The van der Waals surface area contributed by atoms with Crippen molar-refractivity contribution in [3.05, 3.63) is 18.2 Å². The van der Waals surface area contributed by atoms with Crippen LogP contribution in [0.3, 0.4) is 0 Å². The Morgan fingerprint density at radius 2 is 2.24 bits per heavy atom. The summed E-state index contributed by atoms with van der Waals surface area (Å²) in [4.78, 5) is 16.3. The molecule has 1 aliphatic carbocycles. The molecule has 21 heavy (non-hydrogen) atoms. The van der Waals surface area contributed by atoms with E-state index < -0.39 is 0 Å². The summed E-state index contributed by atoms with van der Waals surface area (Å²) in [6.07, 6.45) is 4.77. The Labute approximate surface area is 127 Å². The third-order valence-corrected chi connectivity index (χ3v) is 4.53. The average molecular weight is 306 g/mol. The van der Waals surface area contributed by atoms with Crippen LogP contribution in [-0.4, -0.2) is 30.7 Å². The number of hydrogen-bond acceptors (Lipinski definition) is 5. The SMILES string of the molecule is COc1ccc2nc(NC(=O)COC3CCCC3)sc2c1. The predicted octanol–water partition coefficient (Wildman–Crippen LogP) is 3.20. The number of methoxy groups -OCH3 is 1. The van der Waals surface area contributed by atoms with Crippen molar-refractivity contribution in [2.75, 3.05) is 19.0 Å². The first-order valence-electron chi connectivity index (χ1n) is 7.10.